The van der Waals surface area contributed by atoms with E-state index in [0.29, 0.717) is 27.8 Å². The highest BCUT2D eigenvalue weighted by molar-refractivity contribution is 8.01. The van der Waals surface area contributed by atoms with Gasteiger partial charge in [0.05, 0.1) is 5.38 Å². The molecule has 1 aromatic carbocycles. The number of thioether (sulfide) groups is 2. The molecule has 4 rings (SSSR count). The third-order valence-corrected chi connectivity index (χ3v) is 8.89. The number of hydrogen-bond acceptors (Lipinski definition) is 8. The summed E-state index contributed by atoms with van der Waals surface area (Å²) in [6.07, 6.45) is 1.26. The van der Waals surface area contributed by atoms with E-state index in [1.54, 1.807) is 19.2 Å². The minimum absolute atomic E-state index is 0.0275. The maximum absolute atomic E-state index is 12.8. The van der Waals surface area contributed by atoms with E-state index in [2.05, 4.69) is 20.5 Å². The molecule has 1 aromatic heterocycles. The van der Waals surface area contributed by atoms with Crippen LogP contribution in [0.25, 0.3) is 0 Å². The molecular weight excluding hydrogens is 531 g/mol. The lowest BCUT2D eigenvalue weighted by molar-refractivity contribution is -0.147. The number of halogens is 3. The Morgan fingerprint density at radius 1 is 1.42 bits per heavy atom. The first-order valence-corrected chi connectivity index (χ1v) is 12.8. The Bertz CT molecular complexity index is 1130. The number of tetrazole rings is 1. The molecule has 14 heteroatoms. The first-order valence-electron chi connectivity index (χ1n) is 9.57. The van der Waals surface area contributed by atoms with Gasteiger partial charge in [0.15, 0.2) is 10.4 Å². The van der Waals surface area contributed by atoms with Gasteiger partial charge in [0.25, 0.3) is 5.91 Å². The van der Waals surface area contributed by atoms with Crippen LogP contribution in [0.2, 0.25) is 0 Å². The number of fused-ring (bicyclic) bond motifs is 1. The molecule has 0 bridgehead atoms. The van der Waals surface area contributed by atoms with Gasteiger partial charge in [-0.25, -0.2) is 9.48 Å². The average Bonchev–Trinajstić information content (AvgIpc) is 3.21. The van der Waals surface area contributed by atoms with Gasteiger partial charge in [-0.1, -0.05) is 65.3 Å². The molecule has 2 aliphatic heterocycles. The van der Waals surface area contributed by atoms with E-state index in [4.69, 9.17) is 34.8 Å². The largest absolute Gasteiger partial charge is 0.477 e. The molecular formula is C19H17Cl3N6O3S2. The average molecular weight is 548 g/mol. The predicted octanol–water partition coefficient (Wildman–Crippen LogP) is 3.15. The van der Waals surface area contributed by atoms with Crippen molar-refractivity contribution in [1.82, 2.24) is 25.1 Å². The molecule has 2 aliphatic rings. The number of alkyl halides is 3. The van der Waals surface area contributed by atoms with Crippen LogP contribution in [0.15, 0.2) is 51.8 Å². The maximum atomic E-state index is 12.8. The van der Waals surface area contributed by atoms with Gasteiger partial charge >= 0.3 is 5.97 Å². The summed E-state index contributed by atoms with van der Waals surface area (Å²) in [6, 6.07) is 8.26. The van der Waals surface area contributed by atoms with Crippen molar-refractivity contribution >= 4 is 76.4 Å². The Balaban J connectivity index is 1.48. The quantitative estimate of drug-likeness (QED) is 0.232. The molecule has 3 atom stereocenters. The Kier molecular flexibility index (Phi) is 7.25. The van der Waals surface area contributed by atoms with Gasteiger partial charge < -0.3 is 5.11 Å². The van der Waals surface area contributed by atoms with E-state index in [-0.39, 0.29) is 5.70 Å². The van der Waals surface area contributed by atoms with Gasteiger partial charge in [-0.2, -0.15) is 0 Å². The molecule has 0 radical (unpaired) electrons. The van der Waals surface area contributed by atoms with Crippen LogP contribution in [0.4, 0.5) is 0 Å². The number of rotatable bonds is 8. The highest BCUT2D eigenvalue weighted by atomic mass is 35.5. The molecule has 1 fully saturated rings. The summed E-state index contributed by atoms with van der Waals surface area (Å²) in [5.41, 5.74) is 1.29. The van der Waals surface area contributed by atoms with Crippen LogP contribution >= 0.6 is 58.3 Å². The van der Waals surface area contributed by atoms with Gasteiger partial charge in [-0.15, -0.1) is 28.5 Å². The summed E-state index contributed by atoms with van der Waals surface area (Å²) >= 11 is 22.0. The molecule has 1 saturated heterocycles. The standard InChI is InChI=1S/C19H17Cl3N6O3S2/c1-27-18(24-25-26-27)33-8-11-7-32-16-12(15(29)28(16)13(11)17(30)31)23-9-19(21,22)14(20)10-5-3-2-4-6-10/h2-6,9,12,14,16H,7-8H2,1H3,(H,30,31)/t12-,14?,16+/m1/s1. The fourth-order valence-corrected chi connectivity index (χ4v) is 6.26. The topological polar surface area (TPSA) is 114 Å². The van der Waals surface area contributed by atoms with Crippen molar-refractivity contribution in [3.63, 3.8) is 0 Å². The van der Waals surface area contributed by atoms with Gasteiger partial charge in [-0.05, 0) is 21.6 Å². The summed E-state index contributed by atoms with van der Waals surface area (Å²) in [5.74, 6) is -0.837. The molecule has 1 amide bonds. The fraction of sp³-hybridized carbons (Fsp3) is 0.368. The lowest BCUT2D eigenvalue weighted by Crippen LogP contribution is -2.64. The SMILES string of the molecule is Cn1nnnc1SCC1=C(C(=O)O)N2C(=O)[C@@H](N=CC(Cl)(Cl)C(Cl)c3ccccc3)[C@@H]2SC1. The summed E-state index contributed by atoms with van der Waals surface area (Å²) in [5, 5.41) is 20.3. The number of aliphatic carboxylic acids is 1. The van der Waals surface area contributed by atoms with Crippen LogP contribution in [-0.2, 0) is 16.6 Å². The highest BCUT2D eigenvalue weighted by Gasteiger charge is 2.53. The molecule has 1 N–H and O–H groups in total. The summed E-state index contributed by atoms with van der Waals surface area (Å²) in [7, 11) is 1.69. The van der Waals surface area contributed by atoms with Crippen molar-refractivity contribution in [2.45, 2.75) is 26.3 Å². The monoisotopic (exact) mass is 546 g/mol. The molecule has 0 saturated carbocycles. The first-order chi connectivity index (χ1) is 15.7. The van der Waals surface area contributed by atoms with E-state index in [0.717, 1.165) is 0 Å². The zero-order chi connectivity index (χ0) is 23.8. The third-order valence-electron chi connectivity index (χ3n) is 5.02. The number of carbonyl (C=O) groups excluding carboxylic acids is 1. The lowest BCUT2D eigenvalue weighted by atomic mass is 10.0. The molecule has 9 nitrogen and oxygen atoms in total. The number of amides is 1. The van der Waals surface area contributed by atoms with Crippen molar-refractivity contribution in [3.8, 4) is 0 Å². The van der Waals surface area contributed by atoms with Crippen LogP contribution in [0.1, 0.15) is 10.9 Å². The van der Waals surface area contributed by atoms with Gasteiger partial charge in [0.2, 0.25) is 5.16 Å². The van der Waals surface area contributed by atoms with Crippen LogP contribution < -0.4 is 0 Å². The van der Waals surface area contributed by atoms with Crippen LogP contribution in [0.5, 0.6) is 0 Å². The minimum atomic E-state index is -1.56. The number of β-lactam (4-membered cyclic amide) rings is 1. The Morgan fingerprint density at radius 2 is 2.15 bits per heavy atom. The van der Waals surface area contributed by atoms with E-state index < -0.39 is 33.0 Å². The van der Waals surface area contributed by atoms with Gasteiger partial charge in [0, 0.05) is 24.8 Å². The minimum Gasteiger partial charge on any atom is -0.477 e. The fourth-order valence-electron chi connectivity index (χ4n) is 3.36. The number of aliphatic imine (C=N–C) groups is 1. The normalized spacial score (nSPS) is 21.8. The molecule has 33 heavy (non-hydrogen) atoms. The number of aryl methyl sites for hydroxylation is 1. The van der Waals surface area contributed by atoms with Crippen LogP contribution in [0, 0.1) is 0 Å². The van der Waals surface area contributed by atoms with E-state index >= 15 is 0 Å². The third kappa shape index (κ3) is 4.88. The number of carboxylic acids is 1. The number of benzene rings is 1. The lowest BCUT2D eigenvalue weighted by Gasteiger charge is -2.48. The van der Waals surface area contributed by atoms with E-state index in [1.165, 1.54) is 39.3 Å². The van der Waals surface area contributed by atoms with Crippen molar-refractivity contribution in [3.05, 3.63) is 47.2 Å². The highest BCUT2D eigenvalue weighted by Crippen LogP contribution is 2.44. The van der Waals surface area contributed by atoms with Crippen molar-refractivity contribution in [2.24, 2.45) is 12.0 Å². The van der Waals surface area contributed by atoms with Gasteiger partial charge in [0.1, 0.15) is 11.1 Å². The summed E-state index contributed by atoms with van der Waals surface area (Å²) in [4.78, 5) is 30.4. The number of aromatic nitrogens is 4. The number of carboxylic acid groups (broad SMARTS) is 1. The second-order valence-electron chi connectivity index (χ2n) is 7.21. The second kappa shape index (κ2) is 9.83. The van der Waals surface area contributed by atoms with Crippen molar-refractivity contribution in [1.29, 1.82) is 0 Å². The van der Waals surface area contributed by atoms with Crippen molar-refractivity contribution < 1.29 is 14.7 Å². The molecule has 0 aliphatic carbocycles. The predicted molar refractivity (Wildman–Crippen MR) is 129 cm³/mol. The Morgan fingerprint density at radius 3 is 2.79 bits per heavy atom. The van der Waals surface area contributed by atoms with Crippen molar-refractivity contribution in [2.75, 3.05) is 11.5 Å². The summed E-state index contributed by atoms with van der Waals surface area (Å²) in [6.45, 7) is 0. The second-order valence-corrected chi connectivity index (χ2v) is 11.1. The van der Waals surface area contributed by atoms with Gasteiger partial charge in [-0.3, -0.25) is 14.7 Å². The van der Waals surface area contributed by atoms with E-state index in [9.17, 15) is 14.7 Å². The van der Waals surface area contributed by atoms with Crippen LogP contribution in [-0.4, -0.2) is 75.6 Å². The molecule has 174 valence electrons. The number of hydrogen-bond donors (Lipinski definition) is 1. The summed E-state index contributed by atoms with van der Waals surface area (Å²) < 4.78 is -0.0610. The Labute approximate surface area is 212 Å². The smallest absolute Gasteiger partial charge is 0.352 e. The molecule has 3 heterocycles. The van der Waals surface area contributed by atoms with E-state index in [1.807, 2.05) is 18.2 Å². The maximum Gasteiger partial charge on any atom is 0.352 e. The molecule has 2 aromatic rings. The molecule has 0 spiro atoms. The Hall–Kier alpha value is -1.79. The number of carbonyl (C=O) groups is 2. The first kappa shape index (κ1) is 24.3. The zero-order valence-corrected chi connectivity index (χ0v) is 20.9. The molecule has 1 unspecified atom stereocenters. The zero-order valence-electron chi connectivity index (χ0n) is 17.0. The van der Waals surface area contributed by atoms with Crippen LogP contribution in [0.3, 0.4) is 0 Å². The number of nitrogens with zero attached hydrogens (tertiary/aromatic N) is 6.